The van der Waals surface area contributed by atoms with Crippen LogP contribution in [-0.2, 0) is 16.1 Å². The van der Waals surface area contributed by atoms with Gasteiger partial charge in [-0.3, -0.25) is 0 Å². The molecular formula is C26H28O2. The Bertz CT molecular complexity index is 839. The summed E-state index contributed by atoms with van der Waals surface area (Å²) in [5, 5.41) is 0. The molecule has 0 radical (unpaired) electrons. The molecule has 4 rings (SSSR count). The summed E-state index contributed by atoms with van der Waals surface area (Å²) in [6.45, 7) is 3.54. The Morgan fingerprint density at radius 2 is 1.36 bits per heavy atom. The van der Waals surface area contributed by atoms with Crippen molar-refractivity contribution in [1.29, 1.82) is 0 Å². The SMILES string of the molecule is C[C@H](OCc1ccccc1)[C@H](OCC1CC1)c1ccc(-c2ccccc2)cc1. The highest BCUT2D eigenvalue weighted by molar-refractivity contribution is 5.63. The van der Waals surface area contributed by atoms with Crippen LogP contribution in [0.25, 0.3) is 11.1 Å². The van der Waals surface area contributed by atoms with E-state index in [0.29, 0.717) is 6.61 Å². The van der Waals surface area contributed by atoms with E-state index in [9.17, 15) is 0 Å². The van der Waals surface area contributed by atoms with Crippen LogP contribution in [0.2, 0.25) is 0 Å². The molecule has 1 fully saturated rings. The number of hydrogen-bond donors (Lipinski definition) is 0. The monoisotopic (exact) mass is 372 g/mol. The van der Waals surface area contributed by atoms with Gasteiger partial charge in [-0.25, -0.2) is 0 Å². The Morgan fingerprint density at radius 3 is 2.00 bits per heavy atom. The van der Waals surface area contributed by atoms with E-state index < -0.39 is 0 Å². The number of benzene rings is 3. The van der Waals surface area contributed by atoms with E-state index in [1.807, 2.05) is 24.3 Å². The molecule has 2 nitrogen and oxygen atoms in total. The van der Waals surface area contributed by atoms with Gasteiger partial charge in [0.05, 0.1) is 19.3 Å². The first-order chi connectivity index (χ1) is 13.8. The molecule has 2 heteroatoms. The third-order valence-electron chi connectivity index (χ3n) is 5.34. The van der Waals surface area contributed by atoms with Crippen molar-refractivity contribution < 1.29 is 9.47 Å². The molecule has 0 aromatic heterocycles. The average molecular weight is 373 g/mol. The lowest BCUT2D eigenvalue weighted by atomic mass is 10.00. The quantitative estimate of drug-likeness (QED) is 0.431. The van der Waals surface area contributed by atoms with Gasteiger partial charge in [0.1, 0.15) is 6.10 Å². The van der Waals surface area contributed by atoms with E-state index in [1.54, 1.807) is 0 Å². The molecule has 0 bridgehead atoms. The van der Waals surface area contributed by atoms with Crippen LogP contribution in [0.3, 0.4) is 0 Å². The maximum Gasteiger partial charge on any atom is 0.108 e. The van der Waals surface area contributed by atoms with Gasteiger partial charge in [-0.15, -0.1) is 0 Å². The van der Waals surface area contributed by atoms with Gasteiger partial charge in [0.15, 0.2) is 0 Å². The topological polar surface area (TPSA) is 18.5 Å². The number of rotatable bonds is 9. The predicted molar refractivity (Wildman–Crippen MR) is 114 cm³/mol. The largest absolute Gasteiger partial charge is 0.371 e. The van der Waals surface area contributed by atoms with E-state index in [1.165, 1.54) is 35.1 Å². The molecule has 28 heavy (non-hydrogen) atoms. The Kier molecular flexibility index (Phi) is 6.20. The van der Waals surface area contributed by atoms with Crippen molar-refractivity contribution in [2.45, 2.75) is 38.6 Å². The summed E-state index contributed by atoms with van der Waals surface area (Å²) >= 11 is 0. The first-order valence-electron chi connectivity index (χ1n) is 10.2. The third-order valence-corrected chi connectivity index (χ3v) is 5.34. The van der Waals surface area contributed by atoms with Crippen LogP contribution in [-0.4, -0.2) is 12.7 Å². The first kappa shape index (κ1) is 18.9. The minimum atomic E-state index is -0.0471. The molecule has 0 aliphatic heterocycles. The maximum absolute atomic E-state index is 6.32. The number of ether oxygens (including phenoxy) is 2. The molecule has 1 aliphatic rings. The molecule has 2 atom stereocenters. The van der Waals surface area contributed by atoms with Gasteiger partial charge in [0.2, 0.25) is 0 Å². The van der Waals surface area contributed by atoms with Gasteiger partial charge in [-0.1, -0.05) is 84.9 Å². The summed E-state index contributed by atoms with van der Waals surface area (Å²) in [5.41, 5.74) is 4.83. The fourth-order valence-electron chi connectivity index (χ4n) is 3.41. The van der Waals surface area contributed by atoms with Crippen LogP contribution >= 0.6 is 0 Å². The third kappa shape index (κ3) is 5.09. The molecule has 0 saturated heterocycles. The van der Waals surface area contributed by atoms with Gasteiger partial charge in [0, 0.05) is 0 Å². The van der Waals surface area contributed by atoms with Crippen LogP contribution in [0.15, 0.2) is 84.9 Å². The smallest absolute Gasteiger partial charge is 0.108 e. The fourth-order valence-corrected chi connectivity index (χ4v) is 3.41. The van der Waals surface area contributed by atoms with Gasteiger partial charge >= 0.3 is 0 Å². The molecule has 1 saturated carbocycles. The van der Waals surface area contributed by atoms with E-state index >= 15 is 0 Å². The van der Waals surface area contributed by atoms with Gasteiger partial charge in [0.25, 0.3) is 0 Å². The minimum Gasteiger partial charge on any atom is -0.371 e. The van der Waals surface area contributed by atoms with Gasteiger partial charge in [-0.05, 0) is 47.9 Å². The normalized spacial score (nSPS) is 15.9. The van der Waals surface area contributed by atoms with Gasteiger partial charge < -0.3 is 9.47 Å². The molecule has 0 N–H and O–H groups in total. The zero-order valence-corrected chi connectivity index (χ0v) is 16.5. The molecular weight excluding hydrogens is 344 g/mol. The molecule has 1 aliphatic carbocycles. The summed E-state index contributed by atoms with van der Waals surface area (Å²) < 4.78 is 12.5. The Hall–Kier alpha value is -2.42. The molecule has 144 valence electrons. The van der Waals surface area contributed by atoms with E-state index in [2.05, 4.69) is 67.6 Å². The van der Waals surface area contributed by atoms with Crippen LogP contribution in [0.5, 0.6) is 0 Å². The molecule has 0 heterocycles. The molecule has 0 spiro atoms. The second-order valence-electron chi connectivity index (χ2n) is 7.69. The van der Waals surface area contributed by atoms with E-state index in [4.69, 9.17) is 9.47 Å². The van der Waals surface area contributed by atoms with Crippen LogP contribution in [0.4, 0.5) is 0 Å². The standard InChI is InChI=1S/C26H28O2/c1-20(27-18-21-8-4-2-5-9-21)26(28-19-22-12-13-22)25-16-14-24(15-17-25)23-10-6-3-7-11-23/h2-11,14-17,20,22,26H,12-13,18-19H2,1H3/t20-,26-/m0/s1. The predicted octanol–water partition coefficient (Wildman–Crippen LogP) is 6.43. The van der Waals surface area contributed by atoms with Crippen LogP contribution < -0.4 is 0 Å². The summed E-state index contributed by atoms with van der Waals surface area (Å²) in [5.74, 6) is 0.729. The van der Waals surface area contributed by atoms with Crippen molar-refractivity contribution in [3.8, 4) is 11.1 Å². The zero-order chi connectivity index (χ0) is 19.2. The lowest BCUT2D eigenvalue weighted by Gasteiger charge is -2.25. The van der Waals surface area contributed by atoms with Crippen molar-refractivity contribution in [3.63, 3.8) is 0 Å². The minimum absolute atomic E-state index is 0.0125. The Labute approximate surface area is 168 Å². The summed E-state index contributed by atoms with van der Waals surface area (Å²) in [6, 6.07) is 29.5. The first-order valence-corrected chi connectivity index (χ1v) is 10.2. The van der Waals surface area contributed by atoms with Crippen molar-refractivity contribution in [1.82, 2.24) is 0 Å². The van der Waals surface area contributed by atoms with E-state index in [-0.39, 0.29) is 12.2 Å². The molecule has 3 aromatic carbocycles. The van der Waals surface area contributed by atoms with Crippen molar-refractivity contribution >= 4 is 0 Å². The average Bonchev–Trinajstić information content (AvgIpc) is 3.59. The lowest BCUT2D eigenvalue weighted by molar-refractivity contribution is -0.0760. The van der Waals surface area contributed by atoms with Crippen molar-refractivity contribution in [2.24, 2.45) is 5.92 Å². The fraction of sp³-hybridized carbons (Fsp3) is 0.308. The van der Waals surface area contributed by atoms with Crippen molar-refractivity contribution in [3.05, 3.63) is 96.1 Å². The summed E-state index contributed by atoms with van der Waals surface area (Å²) in [4.78, 5) is 0. The molecule has 0 amide bonds. The Balaban J connectivity index is 1.46. The van der Waals surface area contributed by atoms with Gasteiger partial charge in [-0.2, -0.15) is 0 Å². The van der Waals surface area contributed by atoms with E-state index in [0.717, 1.165) is 12.5 Å². The summed E-state index contributed by atoms with van der Waals surface area (Å²) in [7, 11) is 0. The number of hydrogen-bond acceptors (Lipinski definition) is 2. The second-order valence-corrected chi connectivity index (χ2v) is 7.69. The lowest BCUT2D eigenvalue weighted by Crippen LogP contribution is -2.22. The highest BCUT2D eigenvalue weighted by atomic mass is 16.5. The summed E-state index contributed by atoms with van der Waals surface area (Å²) in [6.07, 6.45) is 2.52. The van der Waals surface area contributed by atoms with Crippen LogP contribution in [0.1, 0.15) is 37.0 Å². The highest BCUT2D eigenvalue weighted by Gasteiger charge is 2.27. The second kappa shape index (κ2) is 9.18. The zero-order valence-electron chi connectivity index (χ0n) is 16.5. The Morgan fingerprint density at radius 1 is 0.750 bits per heavy atom. The van der Waals surface area contributed by atoms with Crippen LogP contribution in [0, 0.1) is 5.92 Å². The highest BCUT2D eigenvalue weighted by Crippen LogP contribution is 2.33. The van der Waals surface area contributed by atoms with Crippen molar-refractivity contribution in [2.75, 3.05) is 6.61 Å². The molecule has 3 aromatic rings. The maximum atomic E-state index is 6.32. The molecule has 0 unspecified atom stereocenters.